The smallest absolute Gasteiger partial charge is 0.185 e. The van der Waals surface area contributed by atoms with Crippen LogP contribution in [-0.2, 0) is 6.42 Å². The molecule has 0 aliphatic carbocycles. The van der Waals surface area contributed by atoms with E-state index in [2.05, 4.69) is 4.99 Å². The molecule has 1 aromatic rings. The maximum absolute atomic E-state index is 5.96. The highest BCUT2D eigenvalue weighted by Gasteiger charge is 2.01. The number of guanidine groups is 1. The zero-order valence-electron chi connectivity index (χ0n) is 8.53. The van der Waals surface area contributed by atoms with Gasteiger partial charge in [-0.15, -0.1) is 0 Å². The molecule has 0 aromatic heterocycles. The summed E-state index contributed by atoms with van der Waals surface area (Å²) < 4.78 is 5.04. The lowest BCUT2D eigenvalue weighted by Crippen LogP contribution is -2.23. The third-order valence-electron chi connectivity index (χ3n) is 1.91. The van der Waals surface area contributed by atoms with Crippen LogP contribution in [0.4, 0.5) is 0 Å². The number of nitrogens with two attached hydrogens (primary N) is 2. The Kier molecular flexibility index (Phi) is 4.24. The van der Waals surface area contributed by atoms with E-state index < -0.39 is 0 Å². The van der Waals surface area contributed by atoms with Gasteiger partial charge in [0.25, 0.3) is 0 Å². The Morgan fingerprint density at radius 2 is 2.20 bits per heavy atom. The standard InChI is InChI=1S/C10H14ClN3O/c1-15-9-3-2-7(6-8(9)11)4-5-14-10(12)13/h2-3,6H,4-5H2,1H3,(H4,12,13,14). The molecule has 82 valence electrons. The van der Waals surface area contributed by atoms with Crippen LogP contribution in [0.2, 0.25) is 5.02 Å². The number of hydrogen-bond acceptors (Lipinski definition) is 2. The molecule has 1 aromatic carbocycles. The predicted molar refractivity (Wildman–Crippen MR) is 62.4 cm³/mol. The molecule has 0 spiro atoms. The van der Waals surface area contributed by atoms with Crippen LogP contribution in [0.15, 0.2) is 23.2 Å². The zero-order chi connectivity index (χ0) is 11.3. The van der Waals surface area contributed by atoms with Gasteiger partial charge in [-0.25, -0.2) is 0 Å². The van der Waals surface area contributed by atoms with E-state index in [0.717, 1.165) is 12.0 Å². The van der Waals surface area contributed by atoms with Crippen molar-refractivity contribution in [1.29, 1.82) is 0 Å². The van der Waals surface area contributed by atoms with E-state index in [1.54, 1.807) is 7.11 Å². The number of rotatable bonds is 4. The van der Waals surface area contributed by atoms with Crippen LogP contribution in [-0.4, -0.2) is 19.6 Å². The SMILES string of the molecule is COc1ccc(CCN=C(N)N)cc1Cl. The average Bonchev–Trinajstić information content (AvgIpc) is 2.17. The fourth-order valence-electron chi connectivity index (χ4n) is 1.18. The van der Waals surface area contributed by atoms with Crippen LogP contribution in [0.25, 0.3) is 0 Å². The minimum atomic E-state index is 0.106. The molecular weight excluding hydrogens is 214 g/mol. The number of benzene rings is 1. The first-order chi connectivity index (χ1) is 7.13. The minimum Gasteiger partial charge on any atom is -0.495 e. The second kappa shape index (κ2) is 5.46. The summed E-state index contributed by atoms with van der Waals surface area (Å²) in [6.45, 7) is 0.561. The van der Waals surface area contributed by atoms with Crippen molar-refractivity contribution in [3.8, 4) is 5.75 Å². The van der Waals surface area contributed by atoms with Gasteiger partial charge in [0.15, 0.2) is 5.96 Å². The zero-order valence-corrected chi connectivity index (χ0v) is 9.29. The van der Waals surface area contributed by atoms with E-state index in [9.17, 15) is 0 Å². The molecule has 0 saturated carbocycles. The van der Waals surface area contributed by atoms with Crippen LogP contribution in [0.3, 0.4) is 0 Å². The van der Waals surface area contributed by atoms with Crippen LogP contribution < -0.4 is 16.2 Å². The van der Waals surface area contributed by atoms with Crippen LogP contribution >= 0.6 is 11.6 Å². The summed E-state index contributed by atoms with van der Waals surface area (Å²) in [6, 6.07) is 5.61. The quantitative estimate of drug-likeness (QED) is 0.599. The Bertz CT molecular complexity index is 362. The molecule has 5 heteroatoms. The van der Waals surface area contributed by atoms with Gasteiger partial charge in [0, 0.05) is 6.54 Å². The number of ether oxygens (including phenoxy) is 1. The predicted octanol–water partition coefficient (Wildman–Crippen LogP) is 1.16. The Morgan fingerprint density at radius 3 is 2.73 bits per heavy atom. The molecule has 0 amide bonds. The Morgan fingerprint density at radius 1 is 1.47 bits per heavy atom. The molecule has 0 aliphatic heterocycles. The van der Waals surface area contributed by atoms with Gasteiger partial charge in [-0.05, 0) is 24.1 Å². The molecule has 0 atom stereocenters. The summed E-state index contributed by atoms with van der Waals surface area (Å²) in [7, 11) is 1.58. The molecule has 0 bridgehead atoms. The van der Waals surface area contributed by atoms with E-state index in [1.165, 1.54) is 0 Å². The van der Waals surface area contributed by atoms with Gasteiger partial charge in [-0.1, -0.05) is 17.7 Å². The Labute approximate surface area is 93.9 Å². The fraction of sp³-hybridized carbons (Fsp3) is 0.300. The summed E-state index contributed by atoms with van der Waals surface area (Å²) in [5, 5.41) is 0.597. The lowest BCUT2D eigenvalue weighted by atomic mass is 10.1. The van der Waals surface area contributed by atoms with Gasteiger partial charge in [0.2, 0.25) is 0 Å². The summed E-state index contributed by atoms with van der Waals surface area (Å²) in [5.41, 5.74) is 11.5. The summed E-state index contributed by atoms with van der Waals surface area (Å²) in [4.78, 5) is 3.89. The number of nitrogens with zero attached hydrogens (tertiary/aromatic N) is 1. The van der Waals surface area contributed by atoms with Crippen molar-refractivity contribution in [3.63, 3.8) is 0 Å². The molecular formula is C10H14ClN3O. The highest BCUT2D eigenvalue weighted by atomic mass is 35.5. The van der Waals surface area contributed by atoms with Crippen molar-refractivity contribution < 1.29 is 4.74 Å². The van der Waals surface area contributed by atoms with E-state index in [0.29, 0.717) is 17.3 Å². The second-order valence-corrected chi connectivity index (χ2v) is 3.43. The Hall–Kier alpha value is -1.42. The van der Waals surface area contributed by atoms with Crippen molar-refractivity contribution >= 4 is 17.6 Å². The van der Waals surface area contributed by atoms with Crippen LogP contribution in [0.1, 0.15) is 5.56 Å². The van der Waals surface area contributed by atoms with Gasteiger partial charge in [0.05, 0.1) is 12.1 Å². The van der Waals surface area contributed by atoms with E-state index in [1.807, 2.05) is 18.2 Å². The minimum absolute atomic E-state index is 0.106. The third kappa shape index (κ3) is 3.67. The van der Waals surface area contributed by atoms with E-state index in [-0.39, 0.29) is 5.96 Å². The van der Waals surface area contributed by atoms with Crippen LogP contribution in [0.5, 0.6) is 5.75 Å². The molecule has 0 radical (unpaired) electrons. The van der Waals surface area contributed by atoms with Crippen molar-refractivity contribution in [1.82, 2.24) is 0 Å². The molecule has 0 aliphatic rings. The number of halogens is 1. The topological polar surface area (TPSA) is 73.6 Å². The molecule has 4 nitrogen and oxygen atoms in total. The van der Waals surface area contributed by atoms with Crippen LogP contribution in [0, 0.1) is 0 Å². The van der Waals surface area contributed by atoms with Crippen molar-refractivity contribution in [3.05, 3.63) is 28.8 Å². The highest BCUT2D eigenvalue weighted by Crippen LogP contribution is 2.24. The fourth-order valence-corrected chi connectivity index (χ4v) is 1.46. The maximum Gasteiger partial charge on any atom is 0.185 e. The molecule has 4 N–H and O–H groups in total. The highest BCUT2D eigenvalue weighted by molar-refractivity contribution is 6.32. The first-order valence-corrected chi connectivity index (χ1v) is 4.89. The van der Waals surface area contributed by atoms with E-state index >= 15 is 0 Å². The monoisotopic (exact) mass is 227 g/mol. The first-order valence-electron chi connectivity index (χ1n) is 4.51. The third-order valence-corrected chi connectivity index (χ3v) is 2.21. The normalized spacial score (nSPS) is 9.73. The van der Waals surface area contributed by atoms with Gasteiger partial charge in [-0.3, -0.25) is 4.99 Å². The largest absolute Gasteiger partial charge is 0.495 e. The maximum atomic E-state index is 5.96. The van der Waals surface area contributed by atoms with Gasteiger partial charge < -0.3 is 16.2 Å². The molecule has 15 heavy (non-hydrogen) atoms. The summed E-state index contributed by atoms with van der Waals surface area (Å²) in [5.74, 6) is 0.775. The second-order valence-electron chi connectivity index (χ2n) is 3.03. The lowest BCUT2D eigenvalue weighted by molar-refractivity contribution is 0.415. The van der Waals surface area contributed by atoms with E-state index in [4.69, 9.17) is 27.8 Å². The van der Waals surface area contributed by atoms with Gasteiger partial charge in [0.1, 0.15) is 5.75 Å². The molecule has 0 saturated heterocycles. The lowest BCUT2D eigenvalue weighted by Gasteiger charge is -2.04. The first kappa shape index (κ1) is 11.7. The number of hydrogen-bond donors (Lipinski definition) is 2. The average molecular weight is 228 g/mol. The number of aliphatic imine (C=N–C) groups is 1. The summed E-state index contributed by atoms with van der Waals surface area (Å²) in [6.07, 6.45) is 0.752. The Balaban J connectivity index is 2.63. The van der Waals surface area contributed by atoms with Crippen molar-refractivity contribution in [2.75, 3.05) is 13.7 Å². The summed E-state index contributed by atoms with van der Waals surface area (Å²) >= 11 is 5.96. The van der Waals surface area contributed by atoms with Gasteiger partial charge >= 0.3 is 0 Å². The van der Waals surface area contributed by atoms with Gasteiger partial charge in [-0.2, -0.15) is 0 Å². The van der Waals surface area contributed by atoms with Crippen molar-refractivity contribution in [2.24, 2.45) is 16.5 Å². The molecule has 1 rings (SSSR count). The molecule has 0 fully saturated rings. The number of methoxy groups -OCH3 is 1. The molecule has 0 unspecified atom stereocenters. The molecule has 0 heterocycles. The van der Waals surface area contributed by atoms with Crippen molar-refractivity contribution in [2.45, 2.75) is 6.42 Å².